The molecule has 15 nitrogen and oxygen atoms in total. The molecule has 0 saturated heterocycles. The number of carbonyl (C=O) groups is 1. The number of benzene rings is 1. The number of aliphatic hydroxyl groups is 3. The van der Waals surface area contributed by atoms with Crippen molar-refractivity contribution in [3.63, 3.8) is 0 Å². The van der Waals surface area contributed by atoms with E-state index in [1.54, 1.807) is 30.3 Å². The van der Waals surface area contributed by atoms with Crippen molar-refractivity contribution in [2.24, 2.45) is 11.8 Å². The molecule has 1 aromatic rings. The van der Waals surface area contributed by atoms with Crippen LogP contribution in [0.5, 0.6) is 5.75 Å². The Labute approximate surface area is 252 Å². The maximum Gasteiger partial charge on any atom is 0.305 e. The van der Waals surface area contributed by atoms with Crippen molar-refractivity contribution in [1.29, 1.82) is 0 Å². The van der Waals surface area contributed by atoms with Crippen LogP contribution in [-0.2, 0) is 23.9 Å². The lowest BCUT2D eigenvalue weighted by atomic mass is 9.89. The van der Waals surface area contributed by atoms with Gasteiger partial charge in [-0.25, -0.2) is 0 Å². The SMILES string of the molecule is O=C(CCC/C=C\C[C@@H]1[C@@H](/C=C/[C@@H](O)COc2cccc(Cl)c2)[C@H](O)C[C@@H]1O)OCC(CO[N+](=O)[O-])OCCO[N+](=O)[O-]. The molecule has 43 heavy (non-hydrogen) atoms. The second kappa shape index (κ2) is 19.6. The van der Waals surface area contributed by atoms with Crippen LogP contribution in [0, 0.1) is 32.1 Å². The molecule has 1 saturated carbocycles. The number of allylic oxidation sites excluding steroid dienone is 2. The molecular weight excluding hydrogens is 596 g/mol. The van der Waals surface area contributed by atoms with Crippen LogP contribution in [0.2, 0.25) is 5.02 Å². The third-order valence-electron chi connectivity index (χ3n) is 6.44. The number of carbonyl (C=O) groups excluding carboxylic acids is 1. The second-order valence-corrected chi connectivity index (χ2v) is 10.1. The molecule has 16 heteroatoms. The fourth-order valence-corrected chi connectivity index (χ4v) is 4.55. The number of hydrogen-bond acceptors (Lipinski definition) is 13. The van der Waals surface area contributed by atoms with Crippen molar-refractivity contribution in [3.05, 3.63) is 73.8 Å². The number of rotatable bonds is 21. The fourth-order valence-electron chi connectivity index (χ4n) is 4.37. The van der Waals surface area contributed by atoms with Crippen molar-refractivity contribution < 1.29 is 54.2 Å². The van der Waals surface area contributed by atoms with Crippen LogP contribution in [0.3, 0.4) is 0 Å². The predicted octanol–water partition coefficient (Wildman–Crippen LogP) is 2.46. The molecule has 3 N–H and O–H groups in total. The molecule has 0 heterocycles. The molecule has 0 aliphatic heterocycles. The normalized spacial score (nSPS) is 21.5. The van der Waals surface area contributed by atoms with Gasteiger partial charge >= 0.3 is 5.97 Å². The first kappa shape index (κ1) is 35.7. The zero-order valence-corrected chi connectivity index (χ0v) is 24.1. The second-order valence-electron chi connectivity index (χ2n) is 9.68. The third kappa shape index (κ3) is 15.0. The topological polar surface area (TPSA) is 210 Å². The summed E-state index contributed by atoms with van der Waals surface area (Å²) in [7, 11) is 0. The number of esters is 1. The summed E-state index contributed by atoms with van der Waals surface area (Å²) in [6.07, 6.45) is 5.26. The van der Waals surface area contributed by atoms with Gasteiger partial charge in [0.25, 0.3) is 10.2 Å². The van der Waals surface area contributed by atoms with Gasteiger partial charge in [-0.1, -0.05) is 42.0 Å². The summed E-state index contributed by atoms with van der Waals surface area (Å²) in [4.78, 5) is 40.9. The molecule has 0 radical (unpaired) electrons. The lowest BCUT2D eigenvalue weighted by Crippen LogP contribution is -2.29. The molecule has 1 unspecified atom stereocenters. The maximum absolute atomic E-state index is 12.0. The van der Waals surface area contributed by atoms with Crippen LogP contribution in [0.15, 0.2) is 48.6 Å². The summed E-state index contributed by atoms with van der Waals surface area (Å²) in [6.45, 7) is -1.56. The van der Waals surface area contributed by atoms with Gasteiger partial charge in [-0.15, -0.1) is 20.2 Å². The Morgan fingerprint density at radius 1 is 1.07 bits per heavy atom. The van der Waals surface area contributed by atoms with E-state index in [1.807, 2.05) is 12.2 Å². The molecule has 240 valence electrons. The molecule has 1 aliphatic rings. The van der Waals surface area contributed by atoms with Gasteiger partial charge in [0, 0.05) is 23.8 Å². The van der Waals surface area contributed by atoms with E-state index >= 15 is 0 Å². The standard InChI is InChI=1S/C27H37ClN2O13/c28-19-6-5-7-21(14-19)40-16-20(31)10-11-24-23(25(32)15-26(24)33)8-3-1-2-4-9-27(34)41-17-22(18-43-30(37)38)39-12-13-42-29(35)36/h1,3,5-7,10-11,14,20,22-26,31-33H,2,4,8-9,12-13,15-18H2/b3-1-,11-10+/t20-,22?,23-,24-,25+,26-/m1/s1. The molecule has 6 atom stereocenters. The Balaban J connectivity index is 1.71. The number of ether oxygens (including phenoxy) is 3. The molecular formula is C27H37ClN2O13. The lowest BCUT2D eigenvalue weighted by Gasteiger charge is -2.19. The van der Waals surface area contributed by atoms with Crippen LogP contribution in [0.25, 0.3) is 0 Å². The average molecular weight is 633 g/mol. The van der Waals surface area contributed by atoms with Crippen LogP contribution in [0.4, 0.5) is 0 Å². The zero-order valence-electron chi connectivity index (χ0n) is 23.4. The van der Waals surface area contributed by atoms with Crippen molar-refractivity contribution in [2.75, 3.05) is 33.0 Å². The van der Waals surface area contributed by atoms with E-state index < -0.39 is 53.8 Å². The highest BCUT2D eigenvalue weighted by molar-refractivity contribution is 6.30. The minimum Gasteiger partial charge on any atom is -0.491 e. The Hall–Kier alpha value is -3.50. The lowest BCUT2D eigenvalue weighted by molar-refractivity contribution is -0.760. The number of hydrogen-bond donors (Lipinski definition) is 3. The molecule has 0 bridgehead atoms. The maximum atomic E-state index is 12.0. The number of unbranched alkanes of at least 4 members (excludes halogenated alkanes) is 1. The molecule has 1 fully saturated rings. The highest BCUT2D eigenvalue weighted by Crippen LogP contribution is 2.36. The van der Waals surface area contributed by atoms with Gasteiger partial charge in [-0.2, -0.15) is 0 Å². The van der Waals surface area contributed by atoms with Crippen LogP contribution < -0.4 is 4.74 Å². The van der Waals surface area contributed by atoms with Gasteiger partial charge in [-0.3, -0.25) is 4.79 Å². The summed E-state index contributed by atoms with van der Waals surface area (Å²) in [6, 6.07) is 6.79. The van der Waals surface area contributed by atoms with Crippen molar-refractivity contribution in [3.8, 4) is 5.75 Å². The van der Waals surface area contributed by atoms with E-state index in [1.165, 1.54) is 6.08 Å². The first-order valence-corrected chi connectivity index (χ1v) is 14.0. The van der Waals surface area contributed by atoms with Gasteiger partial charge in [0.1, 0.15) is 44.4 Å². The van der Waals surface area contributed by atoms with Crippen molar-refractivity contribution in [1.82, 2.24) is 0 Å². The first-order chi connectivity index (χ1) is 20.5. The highest BCUT2D eigenvalue weighted by Gasteiger charge is 2.39. The zero-order chi connectivity index (χ0) is 31.6. The summed E-state index contributed by atoms with van der Waals surface area (Å²) in [5.74, 6) is -0.674. The number of halogens is 1. The first-order valence-electron chi connectivity index (χ1n) is 13.6. The third-order valence-corrected chi connectivity index (χ3v) is 6.68. The Morgan fingerprint density at radius 2 is 1.84 bits per heavy atom. The minimum absolute atomic E-state index is 0.00549. The van der Waals surface area contributed by atoms with E-state index in [4.69, 9.17) is 25.8 Å². The van der Waals surface area contributed by atoms with Crippen molar-refractivity contribution >= 4 is 17.6 Å². The summed E-state index contributed by atoms with van der Waals surface area (Å²) >= 11 is 5.92. The van der Waals surface area contributed by atoms with Gasteiger partial charge in [0.15, 0.2) is 0 Å². The quantitative estimate of drug-likeness (QED) is 0.0585. The van der Waals surface area contributed by atoms with E-state index in [0.717, 1.165) is 0 Å². The molecule has 0 spiro atoms. The molecule has 0 aromatic heterocycles. The highest BCUT2D eigenvalue weighted by atomic mass is 35.5. The molecule has 2 rings (SSSR count). The van der Waals surface area contributed by atoms with Crippen LogP contribution in [-0.4, -0.2) is 88.9 Å². The van der Waals surface area contributed by atoms with Gasteiger partial charge < -0.3 is 39.2 Å². The van der Waals surface area contributed by atoms with E-state index in [0.29, 0.717) is 30.0 Å². The molecule has 0 amide bonds. The summed E-state index contributed by atoms with van der Waals surface area (Å²) in [5, 5.41) is 50.2. The number of aliphatic hydroxyl groups excluding tert-OH is 3. The van der Waals surface area contributed by atoms with E-state index in [2.05, 4.69) is 9.68 Å². The molecule has 1 aliphatic carbocycles. The van der Waals surface area contributed by atoms with Crippen LogP contribution in [0.1, 0.15) is 32.1 Å². The largest absolute Gasteiger partial charge is 0.491 e. The Morgan fingerprint density at radius 3 is 2.56 bits per heavy atom. The minimum atomic E-state index is -1.04. The predicted molar refractivity (Wildman–Crippen MR) is 150 cm³/mol. The fraction of sp³-hybridized carbons (Fsp3) is 0.593. The average Bonchev–Trinajstić information content (AvgIpc) is 3.22. The van der Waals surface area contributed by atoms with Crippen molar-refractivity contribution in [2.45, 2.75) is 56.5 Å². The summed E-state index contributed by atoms with van der Waals surface area (Å²) in [5.41, 5.74) is 0. The summed E-state index contributed by atoms with van der Waals surface area (Å²) < 4.78 is 15.8. The van der Waals surface area contributed by atoms with E-state index in [-0.39, 0.29) is 44.5 Å². The van der Waals surface area contributed by atoms with Gasteiger partial charge in [0.05, 0.1) is 18.8 Å². The van der Waals surface area contributed by atoms with Crippen LogP contribution >= 0.6 is 11.6 Å². The smallest absolute Gasteiger partial charge is 0.305 e. The Bertz CT molecular complexity index is 1070. The Kier molecular flexibility index (Phi) is 16.3. The monoisotopic (exact) mass is 632 g/mol. The van der Waals surface area contributed by atoms with Gasteiger partial charge in [0.2, 0.25) is 0 Å². The number of nitrogens with zero attached hydrogens (tertiary/aromatic N) is 2. The molecule has 1 aromatic carbocycles. The van der Waals surface area contributed by atoms with E-state index in [9.17, 15) is 40.3 Å². The van der Waals surface area contributed by atoms with Gasteiger partial charge in [-0.05, 0) is 43.4 Å².